The molecule has 25 heavy (non-hydrogen) atoms. The van der Waals surface area contributed by atoms with Gasteiger partial charge in [-0.05, 0) is 37.3 Å². The smallest absolute Gasteiger partial charge is 0.385 e. The molecule has 1 heterocycles. The molecule has 0 fully saturated rings. The fraction of sp³-hybridized carbons (Fsp3) is 0.176. The summed E-state index contributed by atoms with van der Waals surface area (Å²) in [6, 6.07) is 7.66. The van der Waals surface area contributed by atoms with E-state index in [1.54, 1.807) is 12.1 Å². The number of alkyl halides is 3. The maximum Gasteiger partial charge on any atom is 0.417 e. The first-order chi connectivity index (χ1) is 11.8. The second-order valence-corrected chi connectivity index (χ2v) is 5.77. The number of benzene rings is 2. The maximum atomic E-state index is 13.1. The van der Waals surface area contributed by atoms with Gasteiger partial charge in [-0.3, -0.25) is 9.59 Å². The number of carbonyl (C=O) groups is 2. The van der Waals surface area contributed by atoms with Gasteiger partial charge in [0, 0.05) is 12.2 Å². The van der Waals surface area contributed by atoms with Crippen LogP contribution in [0.5, 0.6) is 0 Å². The van der Waals surface area contributed by atoms with E-state index in [-0.39, 0.29) is 16.8 Å². The van der Waals surface area contributed by atoms with Crippen molar-refractivity contribution in [1.82, 2.24) is 0 Å². The molecule has 0 atom stereocenters. The third kappa shape index (κ3) is 2.84. The fourth-order valence-corrected chi connectivity index (χ4v) is 2.95. The number of amides is 2. The minimum atomic E-state index is -4.69. The lowest BCUT2D eigenvalue weighted by atomic mass is 10.1. The number of fused-ring (bicyclic) bond motifs is 1. The van der Waals surface area contributed by atoms with Gasteiger partial charge in [0.2, 0.25) is 0 Å². The molecule has 0 unspecified atom stereocenters. The number of carbonyl (C=O) groups excluding carboxylic acids is 2. The molecule has 8 heteroatoms. The number of anilines is 2. The number of hydrogen-bond acceptors (Lipinski definition) is 3. The third-order valence-corrected chi connectivity index (χ3v) is 4.13. The molecule has 0 radical (unpaired) electrons. The van der Waals surface area contributed by atoms with Crippen molar-refractivity contribution in [3.8, 4) is 0 Å². The number of hydrogen-bond donors (Lipinski definition) is 1. The number of rotatable bonds is 3. The number of halogens is 4. The summed E-state index contributed by atoms with van der Waals surface area (Å²) >= 11 is 5.60. The Morgan fingerprint density at radius 2 is 1.84 bits per heavy atom. The van der Waals surface area contributed by atoms with Gasteiger partial charge in [0.05, 0.1) is 27.4 Å². The average molecular weight is 369 g/mol. The monoisotopic (exact) mass is 368 g/mol. The van der Waals surface area contributed by atoms with Crippen LogP contribution in [0.1, 0.15) is 33.2 Å². The Morgan fingerprint density at radius 1 is 1.12 bits per heavy atom. The Morgan fingerprint density at radius 3 is 2.48 bits per heavy atom. The highest BCUT2D eigenvalue weighted by Gasteiger charge is 2.40. The summed E-state index contributed by atoms with van der Waals surface area (Å²) in [5, 5.41) is 2.48. The maximum absolute atomic E-state index is 13.1. The highest BCUT2D eigenvalue weighted by Crippen LogP contribution is 2.39. The Balaban J connectivity index is 2.10. The molecule has 1 aliphatic rings. The van der Waals surface area contributed by atoms with E-state index < -0.39 is 28.6 Å². The van der Waals surface area contributed by atoms with Crippen LogP contribution in [0.4, 0.5) is 24.5 Å². The Labute approximate surface area is 146 Å². The molecule has 2 aromatic rings. The van der Waals surface area contributed by atoms with Gasteiger partial charge in [0.1, 0.15) is 0 Å². The van der Waals surface area contributed by atoms with Crippen LogP contribution in [0, 0.1) is 0 Å². The van der Waals surface area contributed by atoms with Crippen molar-refractivity contribution < 1.29 is 22.8 Å². The summed E-state index contributed by atoms with van der Waals surface area (Å²) < 4.78 is 39.2. The van der Waals surface area contributed by atoms with Crippen molar-refractivity contribution in [2.75, 3.05) is 16.8 Å². The molecule has 1 aliphatic heterocycles. The van der Waals surface area contributed by atoms with E-state index in [1.807, 2.05) is 6.92 Å². The largest absolute Gasteiger partial charge is 0.417 e. The van der Waals surface area contributed by atoms with Gasteiger partial charge in [-0.15, -0.1) is 0 Å². The molecule has 3 rings (SSSR count). The fourth-order valence-electron chi connectivity index (χ4n) is 2.73. The number of nitrogens with one attached hydrogen (secondary N) is 1. The summed E-state index contributed by atoms with van der Waals surface area (Å²) in [5.41, 5.74) is -0.517. The van der Waals surface area contributed by atoms with E-state index in [9.17, 15) is 22.8 Å². The molecule has 130 valence electrons. The van der Waals surface area contributed by atoms with Crippen molar-refractivity contribution in [2.45, 2.75) is 13.1 Å². The second kappa shape index (κ2) is 6.07. The zero-order chi connectivity index (χ0) is 18.4. The molecule has 0 saturated carbocycles. The average Bonchev–Trinajstić information content (AvgIpc) is 2.80. The number of imide groups is 1. The first-order valence-electron chi connectivity index (χ1n) is 7.38. The van der Waals surface area contributed by atoms with Crippen LogP contribution in [0.15, 0.2) is 36.4 Å². The topological polar surface area (TPSA) is 49.4 Å². The van der Waals surface area contributed by atoms with Crippen LogP contribution >= 0.6 is 11.6 Å². The normalized spacial score (nSPS) is 14.0. The third-order valence-electron chi connectivity index (χ3n) is 3.80. The van der Waals surface area contributed by atoms with E-state index in [1.165, 1.54) is 12.1 Å². The van der Waals surface area contributed by atoms with E-state index in [2.05, 4.69) is 5.32 Å². The zero-order valence-electron chi connectivity index (χ0n) is 12.9. The lowest BCUT2D eigenvalue weighted by Crippen LogP contribution is -2.29. The molecular formula is C17H12ClF3N2O2. The summed E-state index contributed by atoms with van der Waals surface area (Å²) in [5.74, 6) is -1.35. The molecule has 2 aromatic carbocycles. The van der Waals surface area contributed by atoms with Gasteiger partial charge >= 0.3 is 6.18 Å². The molecular weight excluding hydrogens is 357 g/mol. The van der Waals surface area contributed by atoms with Crippen LogP contribution in [0.2, 0.25) is 5.02 Å². The standard InChI is InChI=1S/C17H12ClF3N2O2/c1-2-22-13-5-3-4-10-14(13)16(25)23(15(10)24)9-6-7-12(18)11(8-9)17(19,20)21/h3-8,22H,2H2,1H3. The summed E-state index contributed by atoms with van der Waals surface area (Å²) in [6.45, 7) is 2.35. The molecule has 0 spiro atoms. The molecule has 2 amide bonds. The Hall–Kier alpha value is -2.54. The van der Waals surface area contributed by atoms with Crippen molar-refractivity contribution in [3.63, 3.8) is 0 Å². The molecule has 0 saturated heterocycles. The molecule has 0 aliphatic carbocycles. The lowest BCUT2D eigenvalue weighted by molar-refractivity contribution is -0.137. The van der Waals surface area contributed by atoms with Gasteiger partial charge in [-0.2, -0.15) is 13.2 Å². The van der Waals surface area contributed by atoms with Gasteiger partial charge in [-0.25, -0.2) is 4.90 Å². The summed E-state index contributed by atoms with van der Waals surface area (Å²) in [7, 11) is 0. The summed E-state index contributed by atoms with van der Waals surface area (Å²) in [4.78, 5) is 26.0. The molecule has 1 N–H and O–H groups in total. The minimum Gasteiger partial charge on any atom is -0.385 e. The minimum absolute atomic E-state index is 0.145. The van der Waals surface area contributed by atoms with Crippen LogP contribution in [0.25, 0.3) is 0 Å². The van der Waals surface area contributed by atoms with Crippen molar-refractivity contribution in [2.24, 2.45) is 0 Å². The first kappa shape index (κ1) is 17.3. The highest BCUT2D eigenvalue weighted by molar-refractivity contribution is 6.36. The van der Waals surface area contributed by atoms with Crippen molar-refractivity contribution in [3.05, 3.63) is 58.1 Å². The van der Waals surface area contributed by atoms with Crippen LogP contribution < -0.4 is 10.2 Å². The highest BCUT2D eigenvalue weighted by atomic mass is 35.5. The Kier molecular flexibility index (Phi) is 4.20. The predicted molar refractivity (Wildman–Crippen MR) is 88.2 cm³/mol. The zero-order valence-corrected chi connectivity index (χ0v) is 13.7. The quantitative estimate of drug-likeness (QED) is 0.806. The van der Waals surface area contributed by atoms with Gasteiger partial charge < -0.3 is 5.32 Å². The number of nitrogens with zero attached hydrogens (tertiary/aromatic N) is 1. The van der Waals surface area contributed by atoms with Crippen molar-refractivity contribution in [1.29, 1.82) is 0 Å². The SMILES string of the molecule is CCNc1cccc2c1C(=O)N(c1ccc(Cl)c(C(F)(F)F)c1)C2=O. The second-order valence-electron chi connectivity index (χ2n) is 5.37. The van der Waals surface area contributed by atoms with Crippen molar-refractivity contribution >= 4 is 34.8 Å². The van der Waals surface area contributed by atoms with E-state index >= 15 is 0 Å². The van der Waals surface area contributed by atoms with Gasteiger partial charge in [-0.1, -0.05) is 17.7 Å². The van der Waals surface area contributed by atoms with Gasteiger partial charge in [0.15, 0.2) is 0 Å². The van der Waals surface area contributed by atoms with E-state index in [0.717, 1.165) is 11.0 Å². The van der Waals surface area contributed by atoms with Crippen LogP contribution in [-0.2, 0) is 6.18 Å². The summed E-state index contributed by atoms with van der Waals surface area (Å²) in [6.07, 6.45) is -4.69. The predicted octanol–water partition coefficient (Wildman–Crippen LogP) is 4.59. The molecule has 0 bridgehead atoms. The van der Waals surface area contributed by atoms with Crippen LogP contribution in [0.3, 0.4) is 0 Å². The van der Waals surface area contributed by atoms with Gasteiger partial charge in [0.25, 0.3) is 11.8 Å². The molecule has 0 aromatic heterocycles. The molecule has 4 nitrogen and oxygen atoms in total. The van der Waals surface area contributed by atoms with E-state index in [0.29, 0.717) is 18.3 Å². The lowest BCUT2D eigenvalue weighted by Gasteiger charge is -2.17. The Bertz CT molecular complexity index is 881. The first-order valence-corrected chi connectivity index (χ1v) is 7.76. The van der Waals surface area contributed by atoms with Crippen LogP contribution in [-0.4, -0.2) is 18.4 Å². The van der Waals surface area contributed by atoms with E-state index in [4.69, 9.17) is 11.6 Å².